The van der Waals surface area contributed by atoms with E-state index in [1.54, 1.807) is 56.1 Å². The molecule has 43 heavy (non-hydrogen) atoms. The third-order valence-electron chi connectivity index (χ3n) is 7.37. The third kappa shape index (κ3) is 7.78. The molecule has 1 aromatic heterocycles. The van der Waals surface area contributed by atoms with Crippen molar-refractivity contribution >= 4 is 16.0 Å². The molecule has 2 heterocycles. The lowest BCUT2D eigenvalue weighted by atomic mass is 9.81. The van der Waals surface area contributed by atoms with E-state index >= 15 is 0 Å². The lowest BCUT2D eigenvalue weighted by Gasteiger charge is -2.31. The van der Waals surface area contributed by atoms with Crippen molar-refractivity contribution in [2.24, 2.45) is 5.41 Å². The molecule has 12 nitrogen and oxygen atoms in total. The van der Waals surface area contributed by atoms with Gasteiger partial charge in [0.1, 0.15) is 22.4 Å². The average Bonchev–Trinajstić information content (AvgIpc) is 3.38. The van der Waals surface area contributed by atoms with Crippen molar-refractivity contribution in [2.45, 2.75) is 64.5 Å². The van der Waals surface area contributed by atoms with Gasteiger partial charge in [-0.25, -0.2) is 13.1 Å². The van der Waals surface area contributed by atoms with E-state index in [2.05, 4.69) is 10.3 Å². The maximum Gasteiger partial charge on any atom is 0.312 e. The molecular weight excluding hydrogens is 576 g/mol. The zero-order chi connectivity index (χ0) is 31.2. The SMILES string of the molecule is COCCOCCn1cc(CO[C@H](c2ccc(C)c(CN3C[C@@H](C)Oc4ccccc4S3(=O)=O)c2)C(C)(C)C(=O)O)nn1. The number of aromatic nitrogens is 3. The largest absolute Gasteiger partial charge is 0.488 e. The van der Waals surface area contributed by atoms with Gasteiger partial charge in [-0.2, -0.15) is 4.31 Å². The quantitative estimate of drug-likeness (QED) is 0.267. The van der Waals surface area contributed by atoms with E-state index in [1.807, 2.05) is 32.0 Å². The first kappa shape index (κ1) is 32.6. The van der Waals surface area contributed by atoms with Crippen LogP contribution in [-0.2, 0) is 48.7 Å². The van der Waals surface area contributed by atoms with Crippen LogP contribution < -0.4 is 4.74 Å². The highest BCUT2D eigenvalue weighted by atomic mass is 32.2. The first-order chi connectivity index (χ1) is 20.4. The summed E-state index contributed by atoms with van der Waals surface area (Å²) in [6.45, 7) is 9.13. The van der Waals surface area contributed by atoms with Gasteiger partial charge in [-0.3, -0.25) is 4.79 Å². The molecule has 0 unspecified atom stereocenters. The maximum absolute atomic E-state index is 13.6. The number of rotatable bonds is 14. The first-order valence-corrected chi connectivity index (χ1v) is 15.5. The Balaban J connectivity index is 1.55. The molecule has 3 aromatic rings. The molecule has 0 amide bonds. The number of carbonyl (C=O) groups is 1. The zero-order valence-corrected chi connectivity index (χ0v) is 26.0. The molecule has 2 atom stereocenters. The van der Waals surface area contributed by atoms with Crippen LogP contribution in [0.5, 0.6) is 5.75 Å². The van der Waals surface area contributed by atoms with Crippen LogP contribution in [0.15, 0.2) is 53.6 Å². The highest BCUT2D eigenvalue weighted by Crippen LogP contribution is 2.39. The first-order valence-electron chi connectivity index (χ1n) is 14.1. The van der Waals surface area contributed by atoms with Crippen molar-refractivity contribution in [3.8, 4) is 5.75 Å². The second-order valence-electron chi connectivity index (χ2n) is 11.2. The van der Waals surface area contributed by atoms with Crippen LogP contribution in [-0.4, -0.2) is 78.4 Å². The number of carboxylic acid groups (broad SMARTS) is 1. The Morgan fingerprint density at radius 3 is 2.70 bits per heavy atom. The van der Waals surface area contributed by atoms with Gasteiger partial charge in [-0.1, -0.05) is 35.5 Å². The van der Waals surface area contributed by atoms with E-state index in [0.717, 1.165) is 11.1 Å². The summed E-state index contributed by atoms with van der Waals surface area (Å²) in [4.78, 5) is 12.5. The van der Waals surface area contributed by atoms with Crippen molar-refractivity contribution in [2.75, 3.05) is 33.5 Å². The summed E-state index contributed by atoms with van der Waals surface area (Å²) in [5.74, 6) is -0.704. The van der Waals surface area contributed by atoms with Gasteiger partial charge in [0.05, 0.1) is 57.2 Å². The molecule has 1 aliphatic heterocycles. The molecule has 0 bridgehead atoms. The summed E-state index contributed by atoms with van der Waals surface area (Å²) in [7, 11) is -2.24. The molecule has 2 aromatic carbocycles. The average molecular weight is 617 g/mol. The maximum atomic E-state index is 13.6. The van der Waals surface area contributed by atoms with Crippen LogP contribution in [0.25, 0.3) is 0 Å². The van der Waals surface area contributed by atoms with Crippen molar-refractivity contribution in [1.29, 1.82) is 0 Å². The predicted octanol–water partition coefficient (Wildman–Crippen LogP) is 3.59. The van der Waals surface area contributed by atoms with Gasteiger partial charge in [-0.05, 0) is 56.5 Å². The fourth-order valence-corrected chi connectivity index (χ4v) is 6.44. The number of hydrogen-bond acceptors (Lipinski definition) is 9. The topological polar surface area (TPSA) is 142 Å². The van der Waals surface area contributed by atoms with Crippen LogP contribution in [0, 0.1) is 12.3 Å². The highest BCUT2D eigenvalue weighted by molar-refractivity contribution is 7.89. The lowest BCUT2D eigenvalue weighted by molar-refractivity contribution is -0.158. The van der Waals surface area contributed by atoms with Crippen molar-refractivity contribution in [1.82, 2.24) is 19.3 Å². The molecule has 13 heteroatoms. The Morgan fingerprint density at radius 2 is 1.95 bits per heavy atom. The smallest absolute Gasteiger partial charge is 0.312 e. The summed E-state index contributed by atoms with van der Waals surface area (Å²) in [5.41, 5.74) is 1.45. The number of nitrogens with zero attached hydrogens (tertiary/aromatic N) is 4. The van der Waals surface area contributed by atoms with Gasteiger partial charge in [0.2, 0.25) is 10.0 Å². The van der Waals surface area contributed by atoms with Crippen LogP contribution in [0.1, 0.15) is 49.3 Å². The third-order valence-corrected chi connectivity index (χ3v) is 9.22. The van der Waals surface area contributed by atoms with Gasteiger partial charge in [-0.15, -0.1) is 5.10 Å². The number of hydrogen-bond donors (Lipinski definition) is 1. The molecule has 234 valence electrons. The number of benzene rings is 2. The molecule has 0 radical (unpaired) electrons. The molecule has 0 aliphatic carbocycles. The Labute approximate surface area is 252 Å². The summed E-state index contributed by atoms with van der Waals surface area (Å²) >= 11 is 0. The number of methoxy groups -OCH3 is 1. The van der Waals surface area contributed by atoms with E-state index in [-0.39, 0.29) is 30.7 Å². The van der Waals surface area contributed by atoms with Gasteiger partial charge >= 0.3 is 5.97 Å². The minimum Gasteiger partial charge on any atom is -0.488 e. The number of aryl methyl sites for hydroxylation is 1. The number of para-hydroxylation sites is 1. The van der Waals surface area contributed by atoms with E-state index in [0.29, 0.717) is 43.4 Å². The zero-order valence-electron chi connectivity index (χ0n) is 25.2. The van der Waals surface area contributed by atoms with E-state index < -0.39 is 27.5 Å². The number of ether oxygens (including phenoxy) is 4. The Bertz CT molecular complexity index is 1510. The molecule has 0 saturated carbocycles. The second-order valence-corrected chi connectivity index (χ2v) is 13.1. The summed E-state index contributed by atoms with van der Waals surface area (Å²) in [5, 5.41) is 18.4. The van der Waals surface area contributed by atoms with Gasteiger partial charge in [0.25, 0.3) is 0 Å². The van der Waals surface area contributed by atoms with Crippen LogP contribution in [0.2, 0.25) is 0 Å². The molecule has 4 rings (SSSR count). The van der Waals surface area contributed by atoms with Crippen LogP contribution >= 0.6 is 0 Å². The predicted molar refractivity (Wildman–Crippen MR) is 157 cm³/mol. The Morgan fingerprint density at radius 1 is 1.19 bits per heavy atom. The van der Waals surface area contributed by atoms with Crippen LogP contribution in [0.4, 0.5) is 0 Å². The van der Waals surface area contributed by atoms with Crippen molar-refractivity contribution in [3.63, 3.8) is 0 Å². The van der Waals surface area contributed by atoms with Gasteiger partial charge in [0, 0.05) is 13.7 Å². The molecule has 1 aliphatic rings. The van der Waals surface area contributed by atoms with Crippen molar-refractivity contribution in [3.05, 3.63) is 71.0 Å². The molecule has 0 fully saturated rings. The Kier molecular flexibility index (Phi) is 10.6. The normalized spacial score (nSPS) is 17.6. The fraction of sp³-hybridized carbons (Fsp3) is 0.500. The summed E-state index contributed by atoms with van der Waals surface area (Å²) in [6.07, 6.45) is 0.501. The molecular formula is C30H40N4O8S. The second kappa shape index (κ2) is 14.0. The monoisotopic (exact) mass is 616 g/mol. The Hall–Kier alpha value is -3.36. The van der Waals surface area contributed by atoms with Gasteiger partial charge in [0.15, 0.2) is 0 Å². The molecule has 0 spiro atoms. The number of fused-ring (bicyclic) bond motifs is 1. The summed E-state index contributed by atoms with van der Waals surface area (Å²) < 4.78 is 52.9. The standard InChI is InChI=1S/C30H40N4O8S/c1-21-10-11-23(16-24(21)18-34-17-22(2)42-26-8-6-7-9-27(26)43(34,37)38)28(30(3,4)29(35)36)41-20-25-19-33(32-31-25)12-13-40-15-14-39-5/h6-11,16,19,22,28H,12-15,17-18,20H2,1-5H3,(H,35,36)/t22-,28-/m1/s1. The number of sulfonamides is 1. The minimum absolute atomic E-state index is 0.0290. The number of carboxylic acids is 1. The van der Waals surface area contributed by atoms with E-state index in [4.69, 9.17) is 18.9 Å². The lowest BCUT2D eigenvalue weighted by Crippen LogP contribution is -2.36. The van der Waals surface area contributed by atoms with E-state index in [9.17, 15) is 18.3 Å². The summed E-state index contributed by atoms with van der Waals surface area (Å²) in [6, 6.07) is 12.1. The van der Waals surface area contributed by atoms with Crippen LogP contribution in [0.3, 0.4) is 0 Å². The minimum atomic E-state index is -3.85. The van der Waals surface area contributed by atoms with E-state index in [1.165, 1.54) is 4.31 Å². The van der Waals surface area contributed by atoms with Crippen molar-refractivity contribution < 1.29 is 37.3 Å². The van der Waals surface area contributed by atoms with Gasteiger partial charge < -0.3 is 24.1 Å². The molecule has 1 N–H and O–H groups in total. The fourth-order valence-electron chi connectivity index (χ4n) is 4.82. The molecule has 0 saturated heterocycles. The highest BCUT2D eigenvalue weighted by Gasteiger charge is 2.40. The number of aliphatic carboxylic acids is 1.